The Hall–Kier alpha value is -2.31. The lowest BCUT2D eigenvalue weighted by Crippen LogP contribution is -2.16. The van der Waals surface area contributed by atoms with E-state index in [4.69, 9.17) is 27.9 Å². The largest absolute Gasteiger partial charge is 0.493 e. The molecule has 4 aromatic rings. The molecular formula is C24H22Cl2N2O2S. The first-order valence-electron chi connectivity index (χ1n) is 9.88. The van der Waals surface area contributed by atoms with Crippen molar-refractivity contribution in [1.29, 1.82) is 0 Å². The van der Waals surface area contributed by atoms with Crippen LogP contribution in [-0.2, 0) is 5.60 Å². The molecule has 0 saturated carbocycles. The number of thiophene rings is 1. The lowest BCUT2D eigenvalue weighted by molar-refractivity contribution is 0.0734. The van der Waals surface area contributed by atoms with Crippen LogP contribution in [0, 0.1) is 0 Å². The third-order valence-electron chi connectivity index (χ3n) is 4.78. The fourth-order valence-electron chi connectivity index (χ4n) is 3.26. The van der Waals surface area contributed by atoms with Crippen molar-refractivity contribution in [2.45, 2.75) is 26.4 Å². The normalized spacial score (nSPS) is 11.7. The Morgan fingerprint density at radius 3 is 2.48 bits per heavy atom. The van der Waals surface area contributed by atoms with Gasteiger partial charge in [0.15, 0.2) is 0 Å². The van der Waals surface area contributed by atoms with Gasteiger partial charge >= 0.3 is 0 Å². The van der Waals surface area contributed by atoms with Crippen molar-refractivity contribution in [2.24, 2.45) is 0 Å². The van der Waals surface area contributed by atoms with Crippen LogP contribution in [0.15, 0.2) is 60.7 Å². The summed E-state index contributed by atoms with van der Waals surface area (Å²) < 4.78 is 7.58. The van der Waals surface area contributed by atoms with Crippen LogP contribution in [0.2, 0.25) is 10.0 Å². The van der Waals surface area contributed by atoms with Crippen LogP contribution in [0.3, 0.4) is 0 Å². The van der Waals surface area contributed by atoms with E-state index < -0.39 is 5.60 Å². The predicted molar refractivity (Wildman–Crippen MR) is 129 cm³/mol. The summed E-state index contributed by atoms with van der Waals surface area (Å²) in [6.07, 6.45) is 0. The van der Waals surface area contributed by atoms with Gasteiger partial charge < -0.3 is 9.84 Å². The smallest absolute Gasteiger partial charge is 0.128 e. The first-order valence-corrected chi connectivity index (χ1v) is 11.5. The molecule has 2 aromatic heterocycles. The fraction of sp³-hybridized carbons (Fsp3) is 0.208. The number of hydrogen-bond donors (Lipinski definition) is 1. The van der Waals surface area contributed by atoms with E-state index in [1.807, 2.05) is 67.6 Å². The molecule has 0 fully saturated rings. The highest BCUT2D eigenvalue weighted by Crippen LogP contribution is 2.41. The highest BCUT2D eigenvalue weighted by molar-refractivity contribution is 7.18. The van der Waals surface area contributed by atoms with E-state index in [0.29, 0.717) is 22.3 Å². The highest BCUT2D eigenvalue weighted by Gasteiger charge is 2.24. The summed E-state index contributed by atoms with van der Waals surface area (Å²) in [5.74, 6) is 0.789. The molecule has 0 aliphatic carbocycles. The zero-order valence-corrected chi connectivity index (χ0v) is 19.7. The second-order valence-electron chi connectivity index (χ2n) is 7.57. The molecule has 160 valence electrons. The molecule has 4 nitrogen and oxygen atoms in total. The van der Waals surface area contributed by atoms with Gasteiger partial charge in [-0.15, -0.1) is 11.3 Å². The van der Waals surface area contributed by atoms with Crippen molar-refractivity contribution >= 4 is 34.5 Å². The first kappa shape index (κ1) is 21.9. The van der Waals surface area contributed by atoms with Crippen LogP contribution >= 0.6 is 34.5 Å². The summed E-state index contributed by atoms with van der Waals surface area (Å²) in [5.41, 5.74) is 2.02. The average Bonchev–Trinajstić information content (AvgIpc) is 3.37. The number of nitrogens with zero attached hydrogens (tertiary/aromatic N) is 2. The number of rotatable bonds is 6. The molecule has 0 aliphatic heterocycles. The standard InChI is InChI=1S/C24H22Cl2N2O2S/c1-4-30-20-10-9-15(25)13-16(20)21-11-12-22(31-21)19-14-23(24(2,3)29)27-28(19)18-8-6-5-7-17(18)26/h5-14,29H,4H2,1-3H3. The molecule has 0 bridgehead atoms. The number of benzene rings is 2. The lowest BCUT2D eigenvalue weighted by Gasteiger charge is -2.13. The van der Waals surface area contributed by atoms with E-state index in [0.717, 1.165) is 32.4 Å². The Bertz CT molecular complexity index is 1220. The van der Waals surface area contributed by atoms with Crippen LogP contribution in [0.25, 0.3) is 26.7 Å². The topological polar surface area (TPSA) is 47.3 Å². The van der Waals surface area contributed by atoms with Crippen molar-refractivity contribution in [3.05, 3.63) is 76.4 Å². The highest BCUT2D eigenvalue weighted by atomic mass is 35.5. The molecule has 31 heavy (non-hydrogen) atoms. The Morgan fingerprint density at radius 1 is 1.03 bits per heavy atom. The average molecular weight is 473 g/mol. The zero-order chi connectivity index (χ0) is 22.2. The molecule has 7 heteroatoms. The summed E-state index contributed by atoms with van der Waals surface area (Å²) in [4.78, 5) is 2.01. The first-order chi connectivity index (χ1) is 14.8. The minimum absolute atomic E-state index is 0.565. The van der Waals surface area contributed by atoms with E-state index in [1.165, 1.54) is 0 Å². The van der Waals surface area contributed by atoms with Crippen LogP contribution < -0.4 is 4.74 Å². The number of halogens is 2. The SMILES string of the molecule is CCOc1ccc(Cl)cc1-c1ccc(-c2cc(C(C)(C)O)nn2-c2ccccc2Cl)s1. The molecule has 4 rings (SSSR count). The van der Waals surface area contributed by atoms with E-state index in [1.54, 1.807) is 29.9 Å². The van der Waals surface area contributed by atoms with Crippen molar-refractivity contribution in [3.8, 4) is 32.4 Å². The van der Waals surface area contributed by atoms with Gasteiger partial charge in [0.2, 0.25) is 0 Å². The quantitative estimate of drug-likeness (QED) is 0.322. The molecule has 0 unspecified atom stereocenters. The number of aromatic nitrogens is 2. The van der Waals surface area contributed by atoms with Gasteiger partial charge in [-0.05, 0) is 69.3 Å². The van der Waals surface area contributed by atoms with E-state index in [-0.39, 0.29) is 0 Å². The predicted octanol–water partition coefficient (Wildman–Crippen LogP) is 7.20. The summed E-state index contributed by atoms with van der Waals surface area (Å²) in [6, 6.07) is 19.1. The third-order valence-corrected chi connectivity index (χ3v) is 6.48. The van der Waals surface area contributed by atoms with Crippen LogP contribution in [-0.4, -0.2) is 21.5 Å². The zero-order valence-electron chi connectivity index (χ0n) is 17.4. The number of ether oxygens (including phenoxy) is 1. The van der Waals surface area contributed by atoms with Gasteiger partial charge in [0.05, 0.1) is 33.6 Å². The van der Waals surface area contributed by atoms with Crippen LogP contribution in [0.4, 0.5) is 0 Å². The van der Waals surface area contributed by atoms with Gasteiger partial charge in [0.25, 0.3) is 0 Å². The Kier molecular flexibility index (Phi) is 6.13. The van der Waals surface area contributed by atoms with E-state index in [2.05, 4.69) is 5.10 Å². The maximum Gasteiger partial charge on any atom is 0.128 e. The summed E-state index contributed by atoms with van der Waals surface area (Å²) in [5, 5.41) is 16.5. The number of hydrogen-bond acceptors (Lipinski definition) is 4. The molecule has 0 spiro atoms. The van der Waals surface area contributed by atoms with Crippen LogP contribution in [0.5, 0.6) is 5.75 Å². The lowest BCUT2D eigenvalue weighted by atomic mass is 10.1. The van der Waals surface area contributed by atoms with Crippen molar-refractivity contribution in [3.63, 3.8) is 0 Å². The monoisotopic (exact) mass is 472 g/mol. The summed E-state index contributed by atoms with van der Waals surface area (Å²) in [7, 11) is 0. The molecule has 0 atom stereocenters. The Morgan fingerprint density at radius 2 is 1.77 bits per heavy atom. The molecule has 0 aliphatic rings. The summed E-state index contributed by atoms with van der Waals surface area (Å²) >= 11 is 14.3. The molecule has 1 N–H and O–H groups in total. The Labute approximate surface area is 195 Å². The van der Waals surface area contributed by atoms with E-state index >= 15 is 0 Å². The minimum atomic E-state index is -1.09. The van der Waals surface area contributed by atoms with Crippen molar-refractivity contribution in [1.82, 2.24) is 9.78 Å². The van der Waals surface area contributed by atoms with Gasteiger partial charge in [-0.25, -0.2) is 4.68 Å². The van der Waals surface area contributed by atoms with Gasteiger partial charge in [0.1, 0.15) is 11.4 Å². The molecule has 2 aromatic carbocycles. The van der Waals surface area contributed by atoms with E-state index in [9.17, 15) is 5.11 Å². The minimum Gasteiger partial charge on any atom is -0.493 e. The maximum atomic E-state index is 10.6. The van der Waals surface area contributed by atoms with Gasteiger partial charge in [-0.3, -0.25) is 0 Å². The molecule has 0 amide bonds. The molecule has 2 heterocycles. The third kappa shape index (κ3) is 4.51. The Balaban J connectivity index is 1.85. The van der Waals surface area contributed by atoms with Crippen LogP contribution in [0.1, 0.15) is 26.5 Å². The van der Waals surface area contributed by atoms with Crippen molar-refractivity contribution in [2.75, 3.05) is 6.61 Å². The number of para-hydroxylation sites is 1. The van der Waals surface area contributed by atoms with Crippen molar-refractivity contribution < 1.29 is 9.84 Å². The second kappa shape index (κ2) is 8.67. The van der Waals surface area contributed by atoms with Gasteiger partial charge in [-0.2, -0.15) is 5.10 Å². The summed E-state index contributed by atoms with van der Waals surface area (Å²) in [6.45, 7) is 5.96. The van der Waals surface area contributed by atoms with Gasteiger partial charge in [-0.1, -0.05) is 35.3 Å². The molecule has 0 saturated heterocycles. The fourth-order valence-corrected chi connectivity index (χ4v) is 4.68. The number of aliphatic hydroxyl groups is 1. The molecule has 0 radical (unpaired) electrons. The van der Waals surface area contributed by atoms with Gasteiger partial charge in [0, 0.05) is 15.5 Å². The second-order valence-corrected chi connectivity index (χ2v) is 9.50. The molecular weight excluding hydrogens is 451 g/mol. The maximum absolute atomic E-state index is 10.6.